The molecule has 0 aliphatic heterocycles. The molecule has 0 unspecified atom stereocenters. The number of hydrogen-bond acceptors (Lipinski definition) is 4. The van der Waals surface area contributed by atoms with Gasteiger partial charge in [0.25, 0.3) is 5.91 Å². The molecule has 0 bridgehead atoms. The van der Waals surface area contributed by atoms with Crippen molar-refractivity contribution in [1.29, 1.82) is 0 Å². The molecule has 0 aliphatic rings. The zero-order chi connectivity index (χ0) is 17.9. The van der Waals surface area contributed by atoms with Crippen molar-refractivity contribution >= 4 is 33.8 Å². The summed E-state index contributed by atoms with van der Waals surface area (Å²) in [6.07, 6.45) is 0. The van der Waals surface area contributed by atoms with E-state index >= 15 is 0 Å². The lowest BCUT2D eigenvalue weighted by Crippen LogP contribution is -2.16. The summed E-state index contributed by atoms with van der Waals surface area (Å²) in [6, 6.07) is 17.2. The van der Waals surface area contributed by atoms with E-state index < -0.39 is 0 Å². The summed E-state index contributed by atoms with van der Waals surface area (Å²) in [5.74, 6) is 0.445. The minimum atomic E-state index is -0.173. The second-order valence-electron chi connectivity index (χ2n) is 5.87. The lowest BCUT2D eigenvalue weighted by atomic mass is 10.2. The van der Waals surface area contributed by atoms with E-state index in [-0.39, 0.29) is 5.91 Å². The Labute approximate surface area is 154 Å². The van der Waals surface area contributed by atoms with Gasteiger partial charge in [-0.15, -0.1) is 11.3 Å². The van der Waals surface area contributed by atoms with Gasteiger partial charge in [0, 0.05) is 23.3 Å². The van der Waals surface area contributed by atoms with E-state index in [4.69, 9.17) is 4.74 Å². The van der Waals surface area contributed by atoms with Crippen LogP contribution in [-0.4, -0.2) is 15.5 Å². The van der Waals surface area contributed by atoms with Crippen LogP contribution in [0.5, 0.6) is 5.75 Å². The Balaban J connectivity index is 1.56. The summed E-state index contributed by atoms with van der Waals surface area (Å²) in [5, 5.41) is 5.93. The van der Waals surface area contributed by atoms with E-state index in [1.165, 1.54) is 11.3 Å². The van der Waals surface area contributed by atoms with Gasteiger partial charge in [0.1, 0.15) is 18.1 Å². The predicted octanol–water partition coefficient (Wildman–Crippen LogP) is 4.47. The molecule has 2 aromatic carbocycles. The Bertz CT molecular complexity index is 1050. The molecule has 0 fully saturated rings. The zero-order valence-corrected chi connectivity index (χ0v) is 15.0. The number of ether oxygens (including phenoxy) is 1. The predicted molar refractivity (Wildman–Crippen MR) is 104 cm³/mol. The summed E-state index contributed by atoms with van der Waals surface area (Å²) < 4.78 is 7.72. The van der Waals surface area contributed by atoms with Crippen LogP contribution in [0.2, 0.25) is 0 Å². The van der Waals surface area contributed by atoms with Gasteiger partial charge in [0.15, 0.2) is 0 Å². The lowest BCUT2D eigenvalue weighted by Gasteiger charge is -2.12. The summed E-state index contributed by atoms with van der Waals surface area (Å²) in [7, 11) is 1.89. The maximum Gasteiger partial charge on any atom is 0.272 e. The first-order valence-electron chi connectivity index (χ1n) is 8.17. The van der Waals surface area contributed by atoms with Gasteiger partial charge in [-0.05, 0) is 24.3 Å². The SMILES string of the molecule is Cn1c(C(=O)Nc2ccccc2OCc2cscn2)cc2ccccc21. The minimum Gasteiger partial charge on any atom is -0.485 e. The molecule has 0 saturated carbocycles. The first-order chi connectivity index (χ1) is 12.7. The van der Waals surface area contributed by atoms with Crippen molar-refractivity contribution in [1.82, 2.24) is 9.55 Å². The number of nitrogens with one attached hydrogen (secondary N) is 1. The fourth-order valence-corrected chi connectivity index (χ4v) is 3.39. The number of aryl methyl sites for hydroxylation is 1. The first-order valence-corrected chi connectivity index (χ1v) is 9.11. The fourth-order valence-electron chi connectivity index (χ4n) is 2.85. The molecule has 26 heavy (non-hydrogen) atoms. The Morgan fingerprint density at radius 2 is 2.00 bits per heavy atom. The summed E-state index contributed by atoms with van der Waals surface area (Å²) >= 11 is 1.53. The molecule has 0 spiro atoms. The summed E-state index contributed by atoms with van der Waals surface area (Å²) in [5.41, 5.74) is 4.89. The Morgan fingerprint density at radius 1 is 1.19 bits per heavy atom. The van der Waals surface area contributed by atoms with Gasteiger partial charge >= 0.3 is 0 Å². The highest BCUT2D eigenvalue weighted by molar-refractivity contribution is 7.07. The van der Waals surface area contributed by atoms with Crippen molar-refractivity contribution in [2.75, 3.05) is 5.32 Å². The van der Waals surface area contributed by atoms with E-state index in [1.807, 2.05) is 71.6 Å². The number of hydrogen-bond donors (Lipinski definition) is 1. The third kappa shape index (κ3) is 3.19. The smallest absolute Gasteiger partial charge is 0.272 e. The van der Waals surface area contributed by atoms with Gasteiger partial charge in [-0.3, -0.25) is 4.79 Å². The minimum absolute atomic E-state index is 0.173. The van der Waals surface area contributed by atoms with E-state index in [1.54, 1.807) is 5.51 Å². The van der Waals surface area contributed by atoms with Gasteiger partial charge in [-0.2, -0.15) is 0 Å². The van der Waals surface area contributed by atoms with Crippen LogP contribution in [0.4, 0.5) is 5.69 Å². The molecule has 4 aromatic rings. The number of carbonyl (C=O) groups excluding carboxylic acids is 1. The molecule has 130 valence electrons. The number of aromatic nitrogens is 2. The van der Waals surface area contributed by atoms with Crippen LogP contribution < -0.4 is 10.1 Å². The van der Waals surface area contributed by atoms with E-state index in [9.17, 15) is 4.79 Å². The Hall–Kier alpha value is -3.12. The molecule has 0 saturated heterocycles. The molecule has 5 nitrogen and oxygen atoms in total. The number of rotatable bonds is 5. The summed E-state index contributed by atoms with van der Waals surface area (Å²) in [6.45, 7) is 0.366. The van der Waals surface area contributed by atoms with Crippen molar-refractivity contribution in [2.45, 2.75) is 6.61 Å². The molecule has 0 radical (unpaired) electrons. The lowest BCUT2D eigenvalue weighted by molar-refractivity contribution is 0.101. The number of fused-ring (bicyclic) bond motifs is 1. The average Bonchev–Trinajstić information content (AvgIpc) is 3.29. The number of para-hydroxylation sites is 3. The molecule has 0 atom stereocenters. The third-order valence-electron chi connectivity index (χ3n) is 4.18. The number of anilines is 1. The maximum atomic E-state index is 12.8. The third-order valence-corrected chi connectivity index (χ3v) is 4.81. The van der Waals surface area contributed by atoms with Gasteiger partial charge in [-0.25, -0.2) is 4.98 Å². The Kier molecular flexibility index (Phi) is 4.41. The van der Waals surface area contributed by atoms with Crippen molar-refractivity contribution < 1.29 is 9.53 Å². The van der Waals surface area contributed by atoms with Gasteiger partial charge in [0.05, 0.1) is 16.9 Å². The molecule has 0 aliphatic carbocycles. The largest absolute Gasteiger partial charge is 0.485 e. The number of benzene rings is 2. The van der Waals surface area contributed by atoms with Crippen molar-refractivity contribution in [3.8, 4) is 5.75 Å². The monoisotopic (exact) mass is 363 g/mol. The number of nitrogens with zero attached hydrogens (tertiary/aromatic N) is 2. The maximum absolute atomic E-state index is 12.8. The second kappa shape index (κ2) is 7.01. The topological polar surface area (TPSA) is 56.2 Å². The van der Waals surface area contributed by atoms with Gasteiger partial charge in [0.2, 0.25) is 0 Å². The van der Waals surface area contributed by atoms with Crippen LogP contribution in [0.1, 0.15) is 16.2 Å². The number of thiazole rings is 1. The molecule has 2 aromatic heterocycles. The normalized spacial score (nSPS) is 10.8. The fraction of sp³-hybridized carbons (Fsp3) is 0.100. The highest BCUT2D eigenvalue weighted by Gasteiger charge is 2.15. The molecular formula is C20H17N3O2S. The van der Waals surface area contributed by atoms with E-state index in [2.05, 4.69) is 10.3 Å². The number of amides is 1. The molecule has 2 heterocycles. The molecule has 6 heteroatoms. The van der Waals surface area contributed by atoms with Gasteiger partial charge < -0.3 is 14.6 Å². The molecule has 1 amide bonds. The van der Waals surface area contributed by atoms with Crippen LogP contribution in [-0.2, 0) is 13.7 Å². The quantitative estimate of drug-likeness (QED) is 0.569. The van der Waals surface area contributed by atoms with Crippen LogP contribution in [0, 0.1) is 0 Å². The van der Waals surface area contributed by atoms with Crippen LogP contribution in [0.15, 0.2) is 65.5 Å². The highest BCUT2D eigenvalue weighted by Crippen LogP contribution is 2.26. The van der Waals surface area contributed by atoms with Crippen LogP contribution >= 0.6 is 11.3 Å². The summed E-state index contributed by atoms with van der Waals surface area (Å²) in [4.78, 5) is 17.0. The van der Waals surface area contributed by atoms with E-state index in [0.717, 1.165) is 16.6 Å². The van der Waals surface area contributed by atoms with Crippen LogP contribution in [0.25, 0.3) is 10.9 Å². The van der Waals surface area contributed by atoms with Crippen molar-refractivity contribution in [2.24, 2.45) is 7.05 Å². The first kappa shape index (κ1) is 16.4. The second-order valence-corrected chi connectivity index (χ2v) is 6.58. The molecular weight excluding hydrogens is 346 g/mol. The standard InChI is InChI=1S/C20H17N3O2S/c1-23-17-8-4-2-6-14(17)10-18(23)20(24)22-16-7-3-5-9-19(16)25-11-15-12-26-13-21-15/h2-10,12-13H,11H2,1H3,(H,22,24). The highest BCUT2D eigenvalue weighted by atomic mass is 32.1. The Morgan fingerprint density at radius 3 is 2.81 bits per heavy atom. The number of carbonyl (C=O) groups is 1. The van der Waals surface area contributed by atoms with E-state index in [0.29, 0.717) is 23.7 Å². The van der Waals surface area contributed by atoms with Crippen molar-refractivity contribution in [3.63, 3.8) is 0 Å². The van der Waals surface area contributed by atoms with Crippen molar-refractivity contribution in [3.05, 3.63) is 76.9 Å². The zero-order valence-electron chi connectivity index (χ0n) is 14.2. The van der Waals surface area contributed by atoms with Gasteiger partial charge in [-0.1, -0.05) is 30.3 Å². The molecule has 4 rings (SSSR count). The average molecular weight is 363 g/mol. The van der Waals surface area contributed by atoms with Crippen LogP contribution in [0.3, 0.4) is 0 Å². The molecule has 1 N–H and O–H groups in total.